The van der Waals surface area contributed by atoms with E-state index in [0.29, 0.717) is 11.5 Å². The number of hydrogen-bond donors (Lipinski definition) is 0. The maximum atomic E-state index is 6.25. The lowest BCUT2D eigenvalue weighted by Gasteiger charge is -2.07. The summed E-state index contributed by atoms with van der Waals surface area (Å²) in [6.45, 7) is 0. The molecule has 0 radical (unpaired) electrons. The van der Waals surface area contributed by atoms with E-state index in [2.05, 4.69) is 24.3 Å². The Morgan fingerprint density at radius 3 is 1.84 bits per heavy atom. The number of hydrogen-bond acceptors (Lipinski definition) is 3. The van der Waals surface area contributed by atoms with Gasteiger partial charge in [0.05, 0.1) is 14.2 Å². The minimum Gasteiger partial charge on any atom is -0.493 e. The summed E-state index contributed by atoms with van der Waals surface area (Å²) in [5.74, 6) is 2.19. The first kappa shape index (κ1) is 15.3. The van der Waals surface area contributed by atoms with Crippen molar-refractivity contribution >= 4 is 11.0 Å². The molecule has 0 unspecified atom stereocenters. The molecule has 0 bridgehead atoms. The van der Waals surface area contributed by atoms with E-state index in [1.54, 1.807) is 14.2 Å². The predicted octanol–water partition coefficient (Wildman–Crippen LogP) is 5.78. The second-order valence-corrected chi connectivity index (χ2v) is 5.74. The fraction of sp³-hybridized carbons (Fsp3) is 0.0909. The van der Waals surface area contributed by atoms with E-state index in [-0.39, 0.29) is 0 Å². The van der Waals surface area contributed by atoms with Gasteiger partial charge in [0.15, 0.2) is 11.5 Å². The van der Waals surface area contributed by atoms with Crippen LogP contribution in [0.25, 0.3) is 33.4 Å². The van der Waals surface area contributed by atoms with Crippen LogP contribution >= 0.6 is 0 Å². The van der Waals surface area contributed by atoms with Gasteiger partial charge in [-0.1, -0.05) is 60.7 Å². The number of fused-ring (bicyclic) bond motifs is 1. The Hall–Kier alpha value is -3.20. The van der Waals surface area contributed by atoms with Crippen molar-refractivity contribution in [3.05, 3.63) is 72.8 Å². The molecule has 0 N–H and O–H groups in total. The van der Waals surface area contributed by atoms with Gasteiger partial charge in [0, 0.05) is 22.6 Å². The van der Waals surface area contributed by atoms with Gasteiger partial charge in [-0.2, -0.15) is 0 Å². The summed E-state index contributed by atoms with van der Waals surface area (Å²) in [6, 6.07) is 24.2. The van der Waals surface area contributed by atoms with E-state index in [1.165, 1.54) is 0 Å². The molecule has 0 spiro atoms. The van der Waals surface area contributed by atoms with Crippen LogP contribution in [0.1, 0.15) is 0 Å². The molecule has 0 saturated heterocycles. The van der Waals surface area contributed by atoms with Gasteiger partial charge in [-0.3, -0.25) is 0 Å². The summed E-state index contributed by atoms with van der Waals surface area (Å²) in [7, 11) is 3.27. The highest BCUT2D eigenvalue weighted by molar-refractivity contribution is 6.03. The molecule has 0 amide bonds. The van der Waals surface area contributed by atoms with Gasteiger partial charge in [0.25, 0.3) is 0 Å². The Balaban J connectivity index is 2.07. The van der Waals surface area contributed by atoms with Crippen LogP contribution in [0.2, 0.25) is 0 Å². The monoisotopic (exact) mass is 330 g/mol. The summed E-state index contributed by atoms with van der Waals surface area (Å²) >= 11 is 0. The topological polar surface area (TPSA) is 31.6 Å². The maximum absolute atomic E-state index is 6.25. The molecule has 3 heteroatoms. The molecule has 1 heterocycles. The summed E-state index contributed by atoms with van der Waals surface area (Å²) in [5, 5.41) is 1.00. The van der Waals surface area contributed by atoms with Crippen molar-refractivity contribution in [3.63, 3.8) is 0 Å². The molecule has 0 aliphatic carbocycles. The molecule has 4 aromatic rings. The third-order valence-corrected chi connectivity index (χ3v) is 4.29. The van der Waals surface area contributed by atoms with E-state index >= 15 is 0 Å². The predicted molar refractivity (Wildman–Crippen MR) is 100 cm³/mol. The first-order chi connectivity index (χ1) is 12.3. The van der Waals surface area contributed by atoms with Crippen LogP contribution in [0.4, 0.5) is 0 Å². The van der Waals surface area contributed by atoms with Crippen LogP contribution in [-0.4, -0.2) is 14.2 Å². The Morgan fingerprint density at radius 2 is 1.24 bits per heavy atom. The quantitative estimate of drug-likeness (QED) is 0.475. The number of methoxy groups -OCH3 is 2. The normalized spacial score (nSPS) is 10.8. The van der Waals surface area contributed by atoms with Crippen molar-refractivity contribution in [2.45, 2.75) is 0 Å². The minimum absolute atomic E-state index is 0.656. The molecule has 124 valence electrons. The van der Waals surface area contributed by atoms with Crippen molar-refractivity contribution in [2.24, 2.45) is 0 Å². The zero-order valence-corrected chi connectivity index (χ0v) is 14.2. The highest BCUT2D eigenvalue weighted by Gasteiger charge is 2.20. The number of benzene rings is 3. The molecule has 3 nitrogen and oxygen atoms in total. The van der Waals surface area contributed by atoms with Gasteiger partial charge in [0.1, 0.15) is 11.3 Å². The van der Waals surface area contributed by atoms with Crippen LogP contribution in [0.15, 0.2) is 77.2 Å². The largest absolute Gasteiger partial charge is 0.493 e. The Bertz CT molecular complexity index is 1000. The van der Waals surface area contributed by atoms with E-state index < -0.39 is 0 Å². The average molecular weight is 330 g/mol. The summed E-state index contributed by atoms with van der Waals surface area (Å²) in [5.41, 5.74) is 3.97. The second-order valence-electron chi connectivity index (χ2n) is 5.74. The maximum Gasteiger partial charge on any atom is 0.164 e. The first-order valence-corrected chi connectivity index (χ1v) is 8.11. The fourth-order valence-corrected chi connectivity index (χ4v) is 3.11. The van der Waals surface area contributed by atoms with Crippen molar-refractivity contribution in [2.75, 3.05) is 14.2 Å². The van der Waals surface area contributed by atoms with E-state index in [4.69, 9.17) is 13.9 Å². The first-order valence-electron chi connectivity index (χ1n) is 8.11. The van der Waals surface area contributed by atoms with Gasteiger partial charge in [-0.25, -0.2) is 0 Å². The fourth-order valence-electron chi connectivity index (χ4n) is 3.11. The number of ether oxygens (including phenoxy) is 2. The van der Waals surface area contributed by atoms with Crippen LogP contribution in [0.5, 0.6) is 11.5 Å². The molecule has 4 rings (SSSR count). The molecular weight excluding hydrogens is 312 g/mol. The summed E-state index contributed by atoms with van der Waals surface area (Å²) in [4.78, 5) is 0. The molecule has 3 aromatic carbocycles. The SMILES string of the molecule is COc1cc2oc(-c3ccccc3)c(-c3ccccc3)c2cc1OC. The molecule has 0 fully saturated rings. The highest BCUT2D eigenvalue weighted by atomic mass is 16.5. The van der Waals surface area contributed by atoms with E-state index in [9.17, 15) is 0 Å². The lowest BCUT2D eigenvalue weighted by Crippen LogP contribution is -1.90. The number of rotatable bonds is 4. The molecule has 0 aliphatic rings. The average Bonchev–Trinajstić information content (AvgIpc) is 3.06. The molecule has 0 atom stereocenters. The van der Waals surface area contributed by atoms with Gasteiger partial charge in [0.2, 0.25) is 0 Å². The van der Waals surface area contributed by atoms with Crippen molar-refractivity contribution in [3.8, 4) is 33.9 Å². The van der Waals surface area contributed by atoms with Crippen LogP contribution < -0.4 is 9.47 Å². The third kappa shape index (κ3) is 2.64. The smallest absolute Gasteiger partial charge is 0.164 e. The Morgan fingerprint density at radius 1 is 0.680 bits per heavy atom. The molecule has 0 saturated carbocycles. The van der Waals surface area contributed by atoms with Crippen molar-refractivity contribution < 1.29 is 13.9 Å². The Labute approximate surface area is 146 Å². The van der Waals surface area contributed by atoms with E-state index in [1.807, 2.05) is 48.5 Å². The molecule has 25 heavy (non-hydrogen) atoms. The lowest BCUT2D eigenvalue weighted by atomic mass is 9.98. The highest BCUT2D eigenvalue weighted by Crippen LogP contribution is 2.44. The Kier molecular flexibility index (Phi) is 3.90. The van der Waals surface area contributed by atoms with Crippen LogP contribution in [-0.2, 0) is 0 Å². The van der Waals surface area contributed by atoms with Crippen molar-refractivity contribution in [1.29, 1.82) is 0 Å². The zero-order chi connectivity index (χ0) is 17.2. The molecular formula is C22H18O3. The van der Waals surface area contributed by atoms with Gasteiger partial charge in [-0.05, 0) is 11.6 Å². The zero-order valence-electron chi connectivity index (χ0n) is 14.2. The van der Waals surface area contributed by atoms with Gasteiger partial charge < -0.3 is 13.9 Å². The molecule has 0 aliphatic heterocycles. The standard InChI is InChI=1S/C22H18O3/c1-23-19-13-17-18(14-20(19)24-2)25-22(16-11-7-4-8-12-16)21(17)15-9-5-3-6-10-15/h3-14H,1-2H3. The summed E-state index contributed by atoms with van der Waals surface area (Å²) in [6.07, 6.45) is 0. The minimum atomic E-state index is 0.656. The second kappa shape index (κ2) is 6.36. The van der Waals surface area contributed by atoms with Crippen molar-refractivity contribution in [1.82, 2.24) is 0 Å². The van der Waals surface area contributed by atoms with Crippen LogP contribution in [0, 0.1) is 0 Å². The van der Waals surface area contributed by atoms with E-state index in [0.717, 1.165) is 33.4 Å². The lowest BCUT2D eigenvalue weighted by molar-refractivity contribution is 0.355. The third-order valence-electron chi connectivity index (χ3n) is 4.29. The summed E-state index contributed by atoms with van der Waals surface area (Å²) < 4.78 is 17.1. The van der Waals surface area contributed by atoms with Gasteiger partial charge >= 0.3 is 0 Å². The van der Waals surface area contributed by atoms with Crippen LogP contribution in [0.3, 0.4) is 0 Å². The number of furan rings is 1. The van der Waals surface area contributed by atoms with Gasteiger partial charge in [-0.15, -0.1) is 0 Å². The molecule has 1 aromatic heterocycles.